The first-order chi connectivity index (χ1) is 10.1. The van der Waals surface area contributed by atoms with Gasteiger partial charge in [-0.2, -0.15) is 8.78 Å². The molecule has 112 valence electrons. The minimum atomic E-state index is -2.88. The predicted molar refractivity (Wildman–Crippen MR) is 79.9 cm³/mol. The molecule has 0 radical (unpaired) electrons. The number of para-hydroxylation sites is 1. The quantitative estimate of drug-likeness (QED) is 0.846. The van der Waals surface area contributed by atoms with Crippen molar-refractivity contribution >= 4 is 17.3 Å². The Bertz CT molecular complexity index is 595. The van der Waals surface area contributed by atoms with Crippen molar-refractivity contribution in [1.29, 1.82) is 0 Å². The van der Waals surface area contributed by atoms with Gasteiger partial charge in [-0.15, -0.1) is 0 Å². The van der Waals surface area contributed by atoms with Crippen molar-refractivity contribution in [3.05, 3.63) is 59.1 Å². The summed E-state index contributed by atoms with van der Waals surface area (Å²) in [6.45, 7) is -2.66. The van der Waals surface area contributed by atoms with Crippen LogP contribution in [-0.2, 0) is 0 Å². The molecule has 0 bridgehead atoms. The molecule has 0 aliphatic carbocycles. The van der Waals surface area contributed by atoms with E-state index in [0.717, 1.165) is 5.69 Å². The molecule has 0 saturated heterocycles. The Morgan fingerprint density at radius 1 is 1.14 bits per heavy atom. The molecule has 0 heterocycles. The van der Waals surface area contributed by atoms with E-state index < -0.39 is 6.61 Å². The Morgan fingerprint density at radius 2 is 1.90 bits per heavy atom. The number of ether oxygens (including phenoxy) is 1. The zero-order valence-electron chi connectivity index (χ0n) is 11.1. The lowest BCUT2D eigenvalue weighted by Crippen LogP contribution is -2.21. The number of halogens is 3. The number of hydrogen-bond acceptors (Lipinski definition) is 3. The van der Waals surface area contributed by atoms with Crippen LogP contribution in [-0.4, -0.2) is 13.2 Å². The SMILES string of the molecule is NCC(Nc1cccc(Cl)c1)c1ccccc1OC(F)F. The van der Waals surface area contributed by atoms with E-state index in [1.165, 1.54) is 6.07 Å². The van der Waals surface area contributed by atoms with Gasteiger partial charge in [0, 0.05) is 22.8 Å². The van der Waals surface area contributed by atoms with E-state index in [-0.39, 0.29) is 18.3 Å². The Morgan fingerprint density at radius 3 is 2.57 bits per heavy atom. The molecule has 2 rings (SSSR count). The van der Waals surface area contributed by atoms with Crippen molar-refractivity contribution in [1.82, 2.24) is 0 Å². The number of rotatable bonds is 6. The van der Waals surface area contributed by atoms with Gasteiger partial charge in [0.05, 0.1) is 6.04 Å². The van der Waals surface area contributed by atoms with Gasteiger partial charge < -0.3 is 15.8 Å². The van der Waals surface area contributed by atoms with Crippen LogP contribution in [0.2, 0.25) is 5.02 Å². The molecule has 1 atom stereocenters. The van der Waals surface area contributed by atoms with Gasteiger partial charge >= 0.3 is 6.61 Å². The molecule has 0 aliphatic rings. The van der Waals surface area contributed by atoms with Crippen LogP contribution < -0.4 is 15.8 Å². The summed E-state index contributed by atoms with van der Waals surface area (Å²) in [5.74, 6) is 0.109. The second kappa shape index (κ2) is 7.24. The van der Waals surface area contributed by atoms with Crippen molar-refractivity contribution in [2.24, 2.45) is 5.73 Å². The molecule has 0 saturated carbocycles. The van der Waals surface area contributed by atoms with Crippen molar-refractivity contribution in [3.63, 3.8) is 0 Å². The molecular formula is C15H15ClF2N2O. The second-order valence-corrected chi connectivity index (χ2v) is 4.80. The average molecular weight is 313 g/mol. The third-order valence-electron chi connectivity index (χ3n) is 2.91. The van der Waals surface area contributed by atoms with Gasteiger partial charge in [0.15, 0.2) is 0 Å². The predicted octanol–water partition coefficient (Wildman–Crippen LogP) is 4.05. The van der Waals surface area contributed by atoms with Crippen LogP contribution in [0.1, 0.15) is 11.6 Å². The van der Waals surface area contributed by atoms with E-state index in [1.807, 2.05) is 6.07 Å². The monoisotopic (exact) mass is 312 g/mol. The first kappa shape index (κ1) is 15.5. The lowest BCUT2D eigenvalue weighted by molar-refractivity contribution is -0.0505. The van der Waals surface area contributed by atoms with Gasteiger partial charge in [0.25, 0.3) is 0 Å². The van der Waals surface area contributed by atoms with Gasteiger partial charge in [-0.3, -0.25) is 0 Å². The van der Waals surface area contributed by atoms with Crippen LogP contribution in [0, 0.1) is 0 Å². The van der Waals surface area contributed by atoms with E-state index in [4.69, 9.17) is 17.3 Å². The van der Waals surface area contributed by atoms with E-state index in [9.17, 15) is 8.78 Å². The highest BCUT2D eigenvalue weighted by Gasteiger charge is 2.17. The van der Waals surface area contributed by atoms with E-state index in [2.05, 4.69) is 10.1 Å². The maximum atomic E-state index is 12.5. The Balaban J connectivity index is 2.25. The molecule has 3 N–H and O–H groups in total. The van der Waals surface area contributed by atoms with Crippen molar-refractivity contribution in [2.75, 3.05) is 11.9 Å². The maximum Gasteiger partial charge on any atom is 0.387 e. The molecule has 0 aliphatic heterocycles. The molecule has 0 amide bonds. The molecule has 3 nitrogen and oxygen atoms in total. The summed E-state index contributed by atoms with van der Waals surface area (Å²) in [5.41, 5.74) is 7.08. The molecule has 0 spiro atoms. The molecule has 2 aromatic rings. The van der Waals surface area contributed by atoms with Crippen LogP contribution in [0.4, 0.5) is 14.5 Å². The lowest BCUT2D eigenvalue weighted by atomic mass is 10.1. The third-order valence-corrected chi connectivity index (χ3v) is 3.15. The van der Waals surface area contributed by atoms with Crippen molar-refractivity contribution in [3.8, 4) is 5.75 Å². The highest BCUT2D eigenvalue weighted by molar-refractivity contribution is 6.30. The Kier molecular flexibility index (Phi) is 5.36. The van der Waals surface area contributed by atoms with E-state index >= 15 is 0 Å². The number of hydrogen-bond donors (Lipinski definition) is 2. The standard InChI is InChI=1S/C15H15ClF2N2O/c16-10-4-3-5-11(8-10)20-13(9-19)12-6-1-2-7-14(12)21-15(17)18/h1-8,13,15,20H,9,19H2. The summed E-state index contributed by atoms with van der Waals surface area (Å²) < 4.78 is 29.4. The first-order valence-corrected chi connectivity index (χ1v) is 6.74. The van der Waals surface area contributed by atoms with Crippen LogP contribution in [0.25, 0.3) is 0 Å². The maximum absolute atomic E-state index is 12.5. The summed E-state index contributed by atoms with van der Waals surface area (Å²) in [6.07, 6.45) is 0. The summed E-state index contributed by atoms with van der Waals surface area (Å²) >= 11 is 5.92. The normalized spacial score (nSPS) is 12.2. The summed E-state index contributed by atoms with van der Waals surface area (Å²) in [4.78, 5) is 0. The lowest BCUT2D eigenvalue weighted by Gasteiger charge is -2.21. The summed E-state index contributed by atoms with van der Waals surface area (Å²) in [7, 11) is 0. The Labute approximate surface area is 126 Å². The molecular weight excluding hydrogens is 298 g/mol. The van der Waals surface area contributed by atoms with Gasteiger partial charge in [0.2, 0.25) is 0 Å². The molecule has 1 unspecified atom stereocenters. The zero-order valence-corrected chi connectivity index (χ0v) is 11.9. The van der Waals surface area contributed by atoms with Crippen LogP contribution in [0.3, 0.4) is 0 Å². The number of nitrogens with one attached hydrogen (secondary N) is 1. The van der Waals surface area contributed by atoms with Gasteiger partial charge in [-0.05, 0) is 24.3 Å². The van der Waals surface area contributed by atoms with Crippen LogP contribution in [0.5, 0.6) is 5.75 Å². The highest BCUT2D eigenvalue weighted by Crippen LogP contribution is 2.29. The van der Waals surface area contributed by atoms with Gasteiger partial charge in [-0.1, -0.05) is 35.9 Å². The number of benzene rings is 2. The minimum absolute atomic E-state index is 0.109. The topological polar surface area (TPSA) is 47.3 Å². The molecule has 6 heteroatoms. The molecule has 0 fully saturated rings. The highest BCUT2D eigenvalue weighted by atomic mass is 35.5. The fourth-order valence-corrected chi connectivity index (χ4v) is 2.21. The van der Waals surface area contributed by atoms with Crippen molar-refractivity contribution in [2.45, 2.75) is 12.7 Å². The second-order valence-electron chi connectivity index (χ2n) is 4.36. The molecule has 21 heavy (non-hydrogen) atoms. The third kappa shape index (κ3) is 4.31. The summed E-state index contributed by atoms with van der Waals surface area (Å²) in [5, 5.41) is 3.74. The smallest absolute Gasteiger partial charge is 0.387 e. The minimum Gasteiger partial charge on any atom is -0.434 e. The van der Waals surface area contributed by atoms with Crippen LogP contribution in [0.15, 0.2) is 48.5 Å². The molecule has 2 aromatic carbocycles. The van der Waals surface area contributed by atoms with E-state index in [0.29, 0.717) is 10.6 Å². The molecule has 0 aromatic heterocycles. The number of nitrogens with two attached hydrogens (primary N) is 1. The summed E-state index contributed by atoms with van der Waals surface area (Å²) in [6, 6.07) is 13.3. The Hall–Kier alpha value is -1.85. The number of alkyl halides is 2. The largest absolute Gasteiger partial charge is 0.434 e. The number of anilines is 1. The fourth-order valence-electron chi connectivity index (χ4n) is 2.01. The fraction of sp³-hybridized carbons (Fsp3) is 0.200. The first-order valence-electron chi connectivity index (χ1n) is 6.36. The van der Waals surface area contributed by atoms with Gasteiger partial charge in [0.1, 0.15) is 5.75 Å². The van der Waals surface area contributed by atoms with E-state index in [1.54, 1.807) is 36.4 Å². The van der Waals surface area contributed by atoms with Crippen LogP contribution >= 0.6 is 11.6 Å². The zero-order chi connectivity index (χ0) is 15.2. The average Bonchev–Trinajstić information content (AvgIpc) is 2.45. The van der Waals surface area contributed by atoms with Crippen molar-refractivity contribution < 1.29 is 13.5 Å². The van der Waals surface area contributed by atoms with Gasteiger partial charge in [-0.25, -0.2) is 0 Å².